The molecule has 1 atom stereocenters. The van der Waals surface area contributed by atoms with Gasteiger partial charge in [0.05, 0.1) is 12.6 Å². The monoisotopic (exact) mass is 239 g/mol. The van der Waals surface area contributed by atoms with E-state index in [1.165, 1.54) is 5.56 Å². The van der Waals surface area contributed by atoms with Gasteiger partial charge >= 0.3 is 0 Å². The molecule has 2 aromatic rings. The van der Waals surface area contributed by atoms with E-state index in [-0.39, 0.29) is 17.9 Å². The minimum Gasteiger partial charge on any atom is -0.394 e. The molecule has 0 aromatic carbocycles. The van der Waals surface area contributed by atoms with Crippen molar-refractivity contribution in [3.63, 3.8) is 0 Å². The average molecular weight is 240 g/mol. The topological polar surface area (TPSA) is 50.9 Å². The first-order valence-electron chi connectivity index (χ1n) is 5.30. The third-order valence-electron chi connectivity index (χ3n) is 2.74. The minimum atomic E-state index is -0.00577. The normalized spacial score (nSPS) is 13.2. The molecule has 86 valence electrons. The smallest absolute Gasteiger partial charge is 0.224 e. The van der Waals surface area contributed by atoms with Gasteiger partial charge in [-0.25, -0.2) is 4.98 Å². The number of aliphatic hydroxyl groups is 1. The number of hydrogen-bond donors (Lipinski definition) is 1. The van der Waals surface area contributed by atoms with Crippen molar-refractivity contribution in [3.8, 4) is 0 Å². The second-order valence-electron chi connectivity index (χ2n) is 3.82. The molecule has 0 aliphatic rings. The van der Waals surface area contributed by atoms with Crippen LogP contribution >= 0.6 is 11.6 Å². The molecule has 0 aliphatic carbocycles. The maximum absolute atomic E-state index is 9.20. The van der Waals surface area contributed by atoms with Crippen molar-refractivity contribution < 1.29 is 5.11 Å². The fourth-order valence-corrected chi connectivity index (χ4v) is 1.91. The Labute approximate surface area is 98.9 Å². The summed E-state index contributed by atoms with van der Waals surface area (Å²) in [5.41, 5.74) is 1.96. The summed E-state index contributed by atoms with van der Waals surface area (Å²) in [6.07, 6.45) is 4.66. The van der Waals surface area contributed by atoms with Crippen LogP contribution in [0.1, 0.15) is 25.5 Å². The first-order valence-corrected chi connectivity index (χ1v) is 5.68. The van der Waals surface area contributed by atoms with Gasteiger partial charge in [-0.3, -0.25) is 0 Å². The molecule has 0 fully saturated rings. The molecule has 2 aromatic heterocycles. The maximum atomic E-state index is 9.20. The Kier molecular flexibility index (Phi) is 3.12. The third kappa shape index (κ3) is 1.79. The third-order valence-corrected chi connectivity index (χ3v) is 2.93. The van der Waals surface area contributed by atoms with Gasteiger partial charge in [-0.2, -0.15) is 4.98 Å². The molecular formula is C11H14ClN3O. The van der Waals surface area contributed by atoms with E-state index in [2.05, 4.69) is 16.9 Å². The standard InChI is InChI=1S/C11H14ClN3O/c1-3-8-5-15(7(2)6-16)10-9(8)4-13-11(12)14-10/h4-5,7,16H,3,6H2,1-2H3. The molecule has 1 unspecified atom stereocenters. The van der Waals surface area contributed by atoms with Crippen LogP contribution in [-0.4, -0.2) is 26.2 Å². The van der Waals surface area contributed by atoms with Gasteiger partial charge < -0.3 is 9.67 Å². The second-order valence-corrected chi connectivity index (χ2v) is 4.16. The summed E-state index contributed by atoms with van der Waals surface area (Å²) in [6.45, 7) is 4.10. The van der Waals surface area contributed by atoms with Crippen molar-refractivity contribution in [1.82, 2.24) is 14.5 Å². The summed E-state index contributed by atoms with van der Waals surface area (Å²) in [6, 6.07) is -0.00577. The van der Waals surface area contributed by atoms with Gasteiger partial charge in [-0.15, -0.1) is 0 Å². The average Bonchev–Trinajstić information content (AvgIpc) is 2.66. The zero-order valence-corrected chi connectivity index (χ0v) is 10.1. The minimum absolute atomic E-state index is 0.00577. The van der Waals surface area contributed by atoms with Crippen molar-refractivity contribution >= 4 is 22.6 Å². The molecule has 0 saturated heterocycles. The summed E-state index contributed by atoms with van der Waals surface area (Å²) in [4.78, 5) is 8.21. The van der Waals surface area contributed by atoms with Crippen LogP contribution in [0.15, 0.2) is 12.4 Å². The fraction of sp³-hybridized carbons (Fsp3) is 0.455. The summed E-state index contributed by atoms with van der Waals surface area (Å²) in [7, 11) is 0. The molecule has 0 amide bonds. The number of aliphatic hydroxyl groups excluding tert-OH is 1. The highest BCUT2D eigenvalue weighted by molar-refractivity contribution is 6.28. The lowest BCUT2D eigenvalue weighted by Crippen LogP contribution is -2.08. The van der Waals surface area contributed by atoms with Crippen LogP contribution in [0.5, 0.6) is 0 Å². The van der Waals surface area contributed by atoms with Crippen LogP contribution in [0.25, 0.3) is 11.0 Å². The summed E-state index contributed by atoms with van der Waals surface area (Å²) in [5.74, 6) is 0. The number of hydrogen-bond acceptors (Lipinski definition) is 3. The largest absolute Gasteiger partial charge is 0.394 e. The lowest BCUT2D eigenvalue weighted by Gasteiger charge is -2.10. The molecule has 0 radical (unpaired) electrons. The number of halogens is 1. The van der Waals surface area contributed by atoms with E-state index in [9.17, 15) is 5.11 Å². The molecule has 0 saturated carbocycles. The van der Waals surface area contributed by atoms with Crippen molar-refractivity contribution in [2.24, 2.45) is 0 Å². The van der Waals surface area contributed by atoms with E-state index in [0.717, 1.165) is 17.5 Å². The molecule has 4 nitrogen and oxygen atoms in total. The summed E-state index contributed by atoms with van der Waals surface area (Å²) < 4.78 is 1.95. The number of fused-ring (bicyclic) bond motifs is 1. The molecular weight excluding hydrogens is 226 g/mol. The first kappa shape index (κ1) is 11.4. The molecule has 1 N–H and O–H groups in total. The molecule has 0 spiro atoms. The maximum Gasteiger partial charge on any atom is 0.224 e. The van der Waals surface area contributed by atoms with Gasteiger partial charge in [0.2, 0.25) is 5.28 Å². The number of aromatic nitrogens is 3. The summed E-state index contributed by atoms with van der Waals surface area (Å²) in [5, 5.41) is 10.4. The lowest BCUT2D eigenvalue weighted by molar-refractivity contribution is 0.241. The van der Waals surface area contributed by atoms with Crippen LogP contribution in [0.3, 0.4) is 0 Å². The van der Waals surface area contributed by atoms with Crippen molar-refractivity contribution in [1.29, 1.82) is 0 Å². The quantitative estimate of drug-likeness (QED) is 0.836. The van der Waals surface area contributed by atoms with Crippen LogP contribution in [0, 0.1) is 0 Å². The van der Waals surface area contributed by atoms with E-state index in [1.54, 1.807) is 6.20 Å². The Hall–Kier alpha value is -1.13. The van der Waals surface area contributed by atoms with Gasteiger partial charge in [0.1, 0.15) is 5.65 Å². The highest BCUT2D eigenvalue weighted by atomic mass is 35.5. The van der Waals surface area contributed by atoms with E-state index in [1.807, 2.05) is 17.7 Å². The molecule has 2 rings (SSSR count). The first-order chi connectivity index (χ1) is 7.67. The van der Waals surface area contributed by atoms with Gasteiger partial charge in [-0.1, -0.05) is 6.92 Å². The predicted octanol–water partition coefficient (Wildman–Crippen LogP) is 2.20. The van der Waals surface area contributed by atoms with Crippen LogP contribution < -0.4 is 0 Å². The van der Waals surface area contributed by atoms with Crippen molar-refractivity contribution in [3.05, 3.63) is 23.2 Å². The number of aryl methyl sites for hydroxylation is 1. The SMILES string of the molecule is CCc1cn(C(C)CO)c2nc(Cl)ncc12. The van der Waals surface area contributed by atoms with E-state index in [0.29, 0.717) is 0 Å². The number of rotatable bonds is 3. The van der Waals surface area contributed by atoms with Crippen LogP contribution in [0.2, 0.25) is 5.28 Å². The van der Waals surface area contributed by atoms with Crippen LogP contribution in [-0.2, 0) is 6.42 Å². The van der Waals surface area contributed by atoms with Crippen molar-refractivity contribution in [2.45, 2.75) is 26.3 Å². The highest BCUT2D eigenvalue weighted by Gasteiger charge is 2.13. The fourth-order valence-electron chi connectivity index (χ4n) is 1.78. The molecule has 16 heavy (non-hydrogen) atoms. The molecule has 0 bridgehead atoms. The Morgan fingerprint density at radius 1 is 1.56 bits per heavy atom. The van der Waals surface area contributed by atoms with E-state index in [4.69, 9.17) is 11.6 Å². The number of nitrogens with zero attached hydrogens (tertiary/aromatic N) is 3. The molecule has 0 aliphatic heterocycles. The molecule has 5 heteroatoms. The van der Waals surface area contributed by atoms with Gasteiger partial charge in [0.25, 0.3) is 0 Å². The second kappa shape index (κ2) is 4.39. The van der Waals surface area contributed by atoms with Crippen LogP contribution in [0.4, 0.5) is 0 Å². The molecule has 2 heterocycles. The Bertz CT molecular complexity index is 509. The van der Waals surface area contributed by atoms with Crippen molar-refractivity contribution in [2.75, 3.05) is 6.61 Å². The predicted molar refractivity (Wildman–Crippen MR) is 63.7 cm³/mol. The Balaban J connectivity index is 2.68. The highest BCUT2D eigenvalue weighted by Crippen LogP contribution is 2.23. The van der Waals surface area contributed by atoms with E-state index < -0.39 is 0 Å². The van der Waals surface area contributed by atoms with Gasteiger partial charge in [0.15, 0.2) is 0 Å². The van der Waals surface area contributed by atoms with Gasteiger partial charge in [-0.05, 0) is 30.5 Å². The zero-order chi connectivity index (χ0) is 11.7. The Morgan fingerprint density at radius 3 is 2.94 bits per heavy atom. The zero-order valence-electron chi connectivity index (χ0n) is 9.31. The lowest BCUT2D eigenvalue weighted by atomic mass is 10.2. The van der Waals surface area contributed by atoms with E-state index >= 15 is 0 Å². The summed E-state index contributed by atoms with van der Waals surface area (Å²) >= 11 is 5.79. The Morgan fingerprint density at radius 2 is 2.31 bits per heavy atom. The van der Waals surface area contributed by atoms with Gasteiger partial charge in [0, 0.05) is 17.8 Å².